The standard InChI is InChI=1S/C16H19BrN2/c1-19(10-14-7-11-2-3-12(14)6-11)15-5-4-13(9-18)16(17)8-15/h4-5,8,11-12,14H,2-3,6-7,10H2,1H3. The molecule has 0 amide bonds. The maximum absolute atomic E-state index is 8.96. The number of anilines is 1. The van der Waals surface area contributed by atoms with E-state index in [1.54, 1.807) is 0 Å². The third-order valence-corrected chi connectivity index (χ3v) is 5.56. The van der Waals surface area contributed by atoms with E-state index in [1.807, 2.05) is 6.07 Å². The van der Waals surface area contributed by atoms with Gasteiger partial charge < -0.3 is 4.90 Å². The van der Waals surface area contributed by atoms with Crippen molar-refractivity contribution in [2.45, 2.75) is 25.7 Å². The molecule has 100 valence electrons. The summed E-state index contributed by atoms with van der Waals surface area (Å²) in [6.45, 7) is 1.15. The lowest BCUT2D eigenvalue weighted by Crippen LogP contribution is -2.28. The molecule has 2 bridgehead atoms. The van der Waals surface area contributed by atoms with Crippen LogP contribution in [0.2, 0.25) is 0 Å². The molecule has 2 nitrogen and oxygen atoms in total. The predicted molar refractivity (Wildman–Crippen MR) is 81.1 cm³/mol. The number of halogens is 1. The molecule has 2 fully saturated rings. The Morgan fingerprint density at radius 3 is 2.79 bits per heavy atom. The van der Waals surface area contributed by atoms with Crippen molar-refractivity contribution >= 4 is 21.6 Å². The number of fused-ring (bicyclic) bond motifs is 2. The van der Waals surface area contributed by atoms with Crippen molar-refractivity contribution in [3.63, 3.8) is 0 Å². The monoisotopic (exact) mass is 318 g/mol. The van der Waals surface area contributed by atoms with Crippen LogP contribution in [0.15, 0.2) is 22.7 Å². The maximum Gasteiger partial charge on any atom is 0.100 e. The molecule has 1 aromatic rings. The van der Waals surface area contributed by atoms with Crippen molar-refractivity contribution in [2.24, 2.45) is 17.8 Å². The van der Waals surface area contributed by atoms with Gasteiger partial charge in [-0.25, -0.2) is 0 Å². The fraction of sp³-hybridized carbons (Fsp3) is 0.562. The summed E-state index contributed by atoms with van der Waals surface area (Å²) < 4.78 is 0.896. The van der Waals surface area contributed by atoms with E-state index >= 15 is 0 Å². The first-order valence-corrected chi connectivity index (χ1v) is 7.87. The topological polar surface area (TPSA) is 27.0 Å². The van der Waals surface area contributed by atoms with Crippen LogP contribution in [0.3, 0.4) is 0 Å². The van der Waals surface area contributed by atoms with Crippen LogP contribution < -0.4 is 4.90 Å². The highest BCUT2D eigenvalue weighted by Gasteiger charge is 2.39. The molecule has 2 aliphatic rings. The van der Waals surface area contributed by atoms with E-state index in [9.17, 15) is 0 Å². The van der Waals surface area contributed by atoms with Gasteiger partial charge in [-0.2, -0.15) is 5.26 Å². The second kappa shape index (κ2) is 5.17. The summed E-state index contributed by atoms with van der Waals surface area (Å²) in [6, 6.07) is 8.20. The van der Waals surface area contributed by atoms with Gasteiger partial charge in [0.15, 0.2) is 0 Å². The molecule has 0 N–H and O–H groups in total. The van der Waals surface area contributed by atoms with Gasteiger partial charge >= 0.3 is 0 Å². The first kappa shape index (κ1) is 13.0. The minimum absolute atomic E-state index is 0.706. The van der Waals surface area contributed by atoms with Crippen LogP contribution >= 0.6 is 15.9 Å². The van der Waals surface area contributed by atoms with Gasteiger partial charge in [0.05, 0.1) is 5.56 Å². The van der Waals surface area contributed by atoms with Crippen molar-refractivity contribution < 1.29 is 0 Å². The van der Waals surface area contributed by atoms with E-state index in [0.717, 1.165) is 28.8 Å². The summed E-state index contributed by atoms with van der Waals surface area (Å²) in [6.07, 6.45) is 5.80. The number of hydrogen-bond acceptors (Lipinski definition) is 2. The van der Waals surface area contributed by atoms with Crippen LogP contribution in [0, 0.1) is 29.1 Å². The van der Waals surface area contributed by atoms with Crippen molar-refractivity contribution in [3.8, 4) is 6.07 Å². The van der Waals surface area contributed by atoms with E-state index in [1.165, 1.54) is 31.4 Å². The molecule has 2 saturated carbocycles. The zero-order valence-corrected chi connectivity index (χ0v) is 12.9. The highest BCUT2D eigenvalue weighted by atomic mass is 79.9. The average Bonchev–Trinajstić information content (AvgIpc) is 3.00. The summed E-state index contributed by atoms with van der Waals surface area (Å²) in [5, 5.41) is 8.96. The highest BCUT2D eigenvalue weighted by molar-refractivity contribution is 9.10. The first-order chi connectivity index (χ1) is 9.17. The number of rotatable bonds is 3. The predicted octanol–water partition coefficient (Wildman–Crippen LogP) is 4.19. The van der Waals surface area contributed by atoms with Gasteiger partial charge in [0, 0.05) is 23.8 Å². The summed E-state index contributed by atoms with van der Waals surface area (Å²) in [5.74, 6) is 2.85. The van der Waals surface area contributed by atoms with E-state index in [4.69, 9.17) is 5.26 Å². The fourth-order valence-electron chi connectivity index (χ4n) is 3.89. The Kier molecular flexibility index (Phi) is 3.54. The minimum Gasteiger partial charge on any atom is -0.374 e. The molecule has 0 radical (unpaired) electrons. The lowest BCUT2D eigenvalue weighted by molar-refractivity contribution is 0.337. The zero-order valence-electron chi connectivity index (χ0n) is 11.3. The van der Waals surface area contributed by atoms with E-state index in [0.29, 0.717) is 5.56 Å². The molecular weight excluding hydrogens is 300 g/mol. The summed E-state index contributed by atoms with van der Waals surface area (Å²) in [4.78, 5) is 2.34. The first-order valence-electron chi connectivity index (χ1n) is 7.08. The summed E-state index contributed by atoms with van der Waals surface area (Å²) in [5.41, 5.74) is 1.91. The van der Waals surface area contributed by atoms with Gasteiger partial charge in [0.25, 0.3) is 0 Å². The molecule has 3 heteroatoms. The number of benzene rings is 1. The van der Waals surface area contributed by atoms with E-state index in [2.05, 4.69) is 46.1 Å². The molecule has 3 unspecified atom stereocenters. The number of hydrogen-bond donors (Lipinski definition) is 0. The Bertz CT molecular complexity index is 520. The van der Waals surface area contributed by atoms with Gasteiger partial charge in [-0.05, 0) is 71.1 Å². The molecule has 1 aromatic carbocycles. The Morgan fingerprint density at radius 1 is 1.37 bits per heavy atom. The highest BCUT2D eigenvalue weighted by Crippen LogP contribution is 2.48. The molecule has 0 aromatic heterocycles. The average molecular weight is 319 g/mol. The van der Waals surface area contributed by atoms with Crippen molar-refractivity contribution in [1.29, 1.82) is 5.26 Å². The molecule has 0 spiro atoms. The zero-order chi connectivity index (χ0) is 13.4. The van der Waals surface area contributed by atoms with Crippen LogP contribution in [0.25, 0.3) is 0 Å². The van der Waals surface area contributed by atoms with Crippen LogP contribution in [0.1, 0.15) is 31.2 Å². The van der Waals surface area contributed by atoms with Gasteiger partial charge in [-0.15, -0.1) is 0 Å². The lowest BCUT2D eigenvalue weighted by Gasteiger charge is -2.28. The van der Waals surface area contributed by atoms with Crippen molar-refractivity contribution in [3.05, 3.63) is 28.2 Å². The molecule has 0 heterocycles. The number of nitriles is 1. The minimum atomic E-state index is 0.706. The fourth-order valence-corrected chi connectivity index (χ4v) is 4.34. The van der Waals surface area contributed by atoms with Gasteiger partial charge in [-0.3, -0.25) is 0 Å². The molecule has 3 atom stereocenters. The van der Waals surface area contributed by atoms with E-state index < -0.39 is 0 Å². The third kappa shape index (κ3) is 2.51. The quantitative estimate of drug-likeness (QED) is 0.835. The molecule has 2 aliphatic carbocycles. The van der Waals surface area contributed by atoms with Crippen LogP contribution in [0.5, 0.6) is 0 Å². The van der Waals surface area contributed by atoms with Gasteiger partial charge in [-0.1, -0.05) is 6.42 Å². The van der Waals surface area contributed by atoms with Crippen molar-refractivity contribution in [1.82, 2.24) is 0 Å². The SMILES string of the molecule is CN(CC1CC2CCC1C2)c1ccc(C#N)c(Br)c1. The summed E-state index contributed by atoms with van der Waals surface area (Å²) in [7, 11) is 2.17. The summed E-state index contributed by atoms with van der Waals surface area (Å²) >= 11 is 3.47. The smallest absolute Gasteiger partial charge is 0.100 e. The van der Waals surface area contributed by atoms with Crippen molar-refractivity contribution in [2.75, 3.05) is 18.5 Å². The normalized spacial score (nSPS) is 28.4. The Morgan fingerprint density at radius 2 is 2.21 bits per heavy atom. The second-order valence-electron chi connectivity index (χ2n) is 6.09. The Labute approximate surface area is 123 Å². The van der Waals surface area contributed by atoms with Crippen LogP contribution in [0.4, 0.5) is 5.69 Å². The van der Waals surface area contributed by atoms with E-state index in [-0.39, 0.29) is 0 Å². The molecule has 3 rings (SSSR count). The molecule has 0 saturated heterocycles. The van der Waals surface area contributed by atoms with Gasteiger partial charge in [0.2, 0.25) is 0 Å². The third-order valence-electron chi connectivity index (χ3n) is 4.91. The van der Waals surface area contributed by atoms with Crippen LogP contribution in [-0.4, -0.2) is 13.6 Å². The maximum atomic E-state index is 8.96. The molecule has 0 aliphatic heterocycles. The second-order valence-corrected chi connectivity index (χ2v) is 6.95. The number of nitrogens with zero attached hydrogens (tertiary/aromatic N) is 2. The largest absolute Gasteiger partial charge is 0.374 e. The lowest BCUT2D eigenvalue weighted by atomic mass is 9.88. The molecular formula is C16H19BrN2. The van der Waals surface area contributed by atoms with Gasteiger partial charge in [0.1, 0.15) is 6.07 Å². The molecule has 19 heavy (non-hydrogen) atoms. The Balaban J connectivity index is 1.69. The van der Waals surface area contributed by atoms with Crippen LogP contribution in [-0.2, 0) is 0 Å². The Hall–Kier alpha value is -1.01.